The summed E-state index contributed by atoms with van der Waals surface area (Å²) in [5.74, 6) is -0.200. The molecule has 1 N–H and O–H groups in total. The summed E-state index contributed by atoms with van der Waals surface area (Å²) in [4.78, 5) is 17.2. The first-order valence-electron chi connectivity index (χ1n) is 6.57. The van der Waals surface area contributed by atoms with Crippen molar-refractivity contribution in [2.45, 2.75) is 32.1 Å². The first-order valence-corrected chi connectivity index (χ1v) is 6.57. The molecule has 1 aromatic heterocycles. The number of aromatic nitrogens is 1. The van der Waals surface area contributed by atoms with E-state index in [0.29, 0.717) is 11.5 Å². The molecule has 1 aromatic rings. The topological polar surface area (TPSA) is 53.4 Å². The highest BCUT2D eigenvalue weighted by atomic mass is 16.4. The SMILES string of the molecule is CN(CC1CCCCC1)c1cnccc1C(=O)O. The van der Waals surface area contributed by atoms with Crippen LogP contribution in [-0.2, 0) is 0 Å². The maximum Gasteiger partial charge on any atom is 0.337 e. The lowest BCUT2D eigenvalue weighted by Gasteiger charge is -2.28. The van der Waals surface area contributed by atoms with E-state index in [2.05, 4.69) is 4.98 Å². The molecule has 0 spiro atoms. The molecular weight excluding hydrogens is 228 g/mol. The Hall–Kier alpha value is -1.58. The highest BCUT2D eigenvalue weighted by Crippen LogP contribution is 2.26. The number of carboxylic acids is 1. The summed E-state index contributed by atoms with van der Waals surface area (Å²) < 4.78 is 0. The normalized spacial score (nSPS) is 16.5. The zero-order chi connectivity index (χ0) is 13.0. The van der Waals surface area contributed by atoms with Crippen LogP contribution in [0, 0.1) is 5.92 Å². The summed E-state index contributed by atoms with van der Waals surface area (Å²) in [6.45, 7) is 0.923. The van der Waals surface area contributed by atoms with Gasteiger partial charge in [0, 0.05) is 19.8 Å². The van der Waals surface area contributed by atoms with E-state index in [1.807, 2.05) is 11.9 Å². The number of hydrogen-bond acceptors (Lipinski definition) is 3. The monoisotopic (exact) mass is 248 g/mol. The summed E-state index contributed by atoms with van der Waals surface area (Å²) in [5, 5.41) is 9.17. The second kappa shape index (κ2) is 5.85. The van der Waals surface area contributed by atoms with Crippen LogP contribution in [0.15, 0.2) is 18.5 Å². The lowest BCUT2D eigenvalue weighted by atomic mass is 9.89. The number of pyridine rings is 1. The van der Waals surface area contributed by atoms with E-state index in [1.54, 1.807) is 12.3 Å². The number of rotatable bonds is 4. The average Bonchev–Trinajstić information content (AvgIpc) is 2.40. The molecule has 0 saturated heterocycles. The molecule has 1 heterocycles. The average molecular weight is 248 g/mol. The lowest BCUT2D eigenvalue weighted by Crippen LogP contribution is -2.28. The minimum atomic E-state index is -0.886. The van der Waals surface area contributed by atoms with Gasteiger partial charge in [-0.25, -0.2) is 4.79 Å². The van der Waals surface area contributed by atoms with Gasteiger partial charge >= 0.3 is 5.97 Å². The molecule has 0 atom stereocenters. The number of hydrogen-bond donors (Lipinski definition) is 1. The smallest absolute Gasteiger partial charge is 0.337 e. The zero-order valence-electron chi connectivity index (χ0n) is 10.8. The molecule has 4 heteroatoms. The second-order valence-electron chi connectivity index (χ2n) is 5.08. The van der Waals surface area contributed by atoms with Crippen LogP contribution in [0.5, 0.6) is 0 Å². The molecule has 0 amide bonds. The maximum absolute atomic E-state index is 11.2. The Kier molecular flexibility index (Phi) is 4.18. The van der Waals surface area contributed by atoms with Gasteiger partial charge in [-0.15, -0.1) is 0 Å². The van der Waals surface area contributed by atoms with E-state index in [-0.39, 0.29) is 0 Å². The third-order valence-electron chi connectivity index (χ3n) is 3.70. The van der Waals surface area contributed by atoms with Gasteiger partial charge in [0.05, 0.1) is 17.4 Å². The predicted molar refractivity (Wildman–Crippen MR) is 71.0 cm³/mol. The van der Waals surface area contributed by atoms with Crippen LogP contribution in [0.3, 0.4) is 0 Å². The number of nitrogens with zero attached hydrogens (tertiary/aromatic N) is 2. The van der Waals surface area contributed by atoms with Crippen molar-refractivity contribution in [3.8, 4) is 0 Å². The molecule has 4 nitrogen and oxygen atoms in total. The van der Waals surface area contributed by atoms with Gasteiger partial charge < -0.3 is 10.0 Å². The number of carbonyl (C=O) groups is 1. The van der Waals surface area contributed by atoms with E-state index in [1.165, 1.54) is 38.3 Å². The molecule has 0 aromatic carbocycles. The highest BCUT2D eigenvalue weighted by Gasteiger charge is 2.18. The van der Waals surface area contributed by atoms with Gasteiger partial charge in [0.2, 0.25) is 0 Å². The maximum atomic E-state index is 11.2. The van der Waals surface area contributed by atoms with E-state index in [9.17, 15) is 4.79 Å². The molecular formula is C14H20N2O2. The molecule has 0 radical (unpaired) electrons. The van der Waals surface area contributed by atoms with Crippen LogP contribution in [-0.4, -0.2) is 29.7 Å². The van der Waals surface area contributed by atoms with Crippen molar-refractivity contribution in [1.82, 2.24) is 4.98 Å². The number of carboxylic acid groups (broad SMARTS) is 1. The summed E-state index contributed by atoms with van der Waals surface area (Å²) in [7, 11) is 1.96. The Balaban J connectivity index is 2.08. The van der Waals surface area contributed by atoms with Gasteiger partial charge in [-0.2, -0.15) is 0 Å². The van der Waals surface area contributed by atoms with Crippen molar-refractivity contribution >= 4 is 11.7 Å². The lowest BCUT2D eigenvalue weighted by molar-refractivity contribution is 0.0697. The Labute approximate surface area is 108 Å². The van der Waals surface area contributed by atoms with Crippen LogP contribution in [0.4, 0.5) is 5.69 Å². The van der Waals surface area contributed by atoms with Crippen LogP contribution in [0.2, 0.25) is 0 Å². The highest BCUT2D eigenvalue weighted by molar-refractivity contribution is 5.94. The Morgan fingerprint density at radius 3 is 2.83 bits per heavy atom. The molecule has 1 saturated carbocycles. The van der Waals surface area contributed by atoms with E-state index in [4.69, 9.17) is 5.11 Å². The van der Waals surface area contributed by atoms with Crippen LogP contribution < -0.4 is 4.90 Å². The van der Waals surface area contributed by atoms with Crippen LogP contribution in [0.1, 0.15) is 42.5 Å². The van der Waals surface area contributed by atoms with Gasteiger partial charge in [0.15, 0.2) is 0 Å². The van der Waals surface area contributed by atoms with Crippen molar-refractivity contribution in [1.29, 1.82) is 0 Å². The van der Waals surface area contributed by atoms with Crippen LogP contribution in [0.25, 0.3) is 0 Å². The number of anilines is 1. The first kappa shape index (κ1) is 12.9. The Morgan fingerprint density at radius 2 is 2.17 bits per heavy atom. The Morgan fingerprint density at radius 1 is 1.44 bits per heavy atom. The standard InChI is InChI=1S/C14H20N2O2/c1-16(10-11-5-3-2-4-6-11)13-9-15-8-7-12(13)14(17)18/h7-9,11H,2-6,10H2,1H3,(H,17,18). The fourth-order valence-corrected chi connectivity index (χ4v) is 2.73. The van der Waals surface area contributed by atoms with Gasteiger partial charge in [-0.1, -0.05) is 19.3 Å². The molecule has 2 rings (SSSR count). The summed E-state index contributed by atoms with van der Waals surface area (Å²) in [6, 6.07) is 1.56. The predicted octanol–water partition coefficient (Wildman–Crippen LogP) is 2.80. The summed E-state index contributed by atoms with van der Waals surface area (Å²) in [6.07, 6.45) is 9.63. The fraction of sp³-hybridized carbons (Fsp3) is 0.571. The molecule has 0 aliphatic heterocycles. The minimum Gasteiger partial charge on any atom is -0.478 e. The van der Waals surface area contributed by atoms with Gasteiger partial charge in [-0.05, 0) is 24.8 Å². The quantitative estimate of drug-likeness (QED) is 0.890. The van der Waals surface area contributed by atoms with E-state index < -0.39 is 5.97 Å². The first-order chi connectivity index (χ1) is 8.68. The zero-order valence-corrected chi connectivity index (χ0v) is 10.8. The summed E-state index contributed by atoms with van der Waals surface area (Å²) in [5.41, 5.74) is 1.05. The molecule has 1 fully saturated rings. The minimum absolute atomic E-state index is 0.336. The summed E-state index contributed by atoms with van der Waals surface area (Å²) >= 11 is 0. The Bertz CT molecular complexity index is 414. The third-order valence-corrected chi connectivity index (χ3v) is 3.70. The van der Waals surface area contributed by atoms with Crippen LogP contribution >= 0.6 is 0 Å². The van der Waals surface area contributed by atoms with Gasteiger partial charge in [0.1, 0.15) is 0 Å². The third kappa shape index (κ3) is 3.00. The number of aromatic carboxylic acids is 1. The van der Waals surface area contributed by atoms with Crippen molar-refractivity contribution in [3.63, 3.8) is 0 Å². The van der Waals surface area contributed by atoms with Crippen molar-refractivity contribution < 1.29 is 9.90 Å². The molecule has 0 bridgehead atoms. The molecule has 0 unspecified atom stereocenters. The van der Waals surface area contributed by atoms with Gasteiger partial charge in [-0.3, -0.25) is 4.98 Å². The molecule has 18 heavy (non-hydrogen) atoms. The molecule has 1 aliphatic rings. The van der Waals surface area contributed by atoms with Crippen molar-refractivity contribution in [3.05, 3.63) is 24.0 Å². The second-order valence-corrected chi connectivity index (χ2v) is 5.08. The largest absolute Gasteiger partial charge is 0.478 e. The molecule has 1 aliphatic carbocycles. The van der Waals surface area contributed by atoms with Crippen molar-refractivity contribution in [2.75, 3.05) is 18.5 Å². The van der Waals surface area contributed by atoms with E-state index in [0.717, 1.165) is 12.2 Å². The van der Waals surface area contributed by atoms with Gasteiger partial charge in [0.25, 0.3) is 0 Å². The molecule has 98 valence electrons. The van der Waals surface area contributed by atoms with E-state index >= 15 is 0 Å². The fourth-order valence-electron chi connectivity index (χ4n) is 2.73. The van der Waals surface area contributed by atoms with Crippen molar-refractivity contribution in [2.24, 2.45) is 5.92 Å².